The Morgan fingerprint density at radius 3 is 2.52 bits per heavy atom. The Labute approximate surface area is 201 Å². The largest absolute Gasteiger partial charge is 0.299 e. The average molecular weight is 478 g/mol. The fraction of sp³-hybridized carbons (Fsp3) is 0.769. The van der Waals surface area contributed by atoms with Crippen LogP contribution in [0, 0.1) is 36.0 Å². The van der Waals surface area contributed by atoms with Crippen molar-refractivity contribution in [1.82, 2.24) is 5.01 Å². The number of benzene rings is 1. The van der Waals surface area contributed by atoms with E-state index < -0.39 is 10.1 Å². The number of nitrogens with zero attached hydrogens (tertiary/aromatic N) is 3. The van der Waals surface area contributed by atoms with Crippen LogP contribution < -0.4 is 0 Å². The van der Waals surface area contributed by atoms with Gasteiger partial charge in [0.05, 0.1) is 6.10 Å². The lowest BCUT2D eigenvalue weighted by Gasteiger charge is -2.55. The van der Waals surface area contributed by atoms with Gasteiger partial charge in [-0.15, -0.1) is 5.11 Å². The molecule has 7 heteroatoms. The minimum absolute atomic E-state index is 0.113. The van der Waals surface area contributed by atoms with E-state index in [1.807, 2.05) is 20.8 Å². The molecule has 0 saturated heterocycles. The smallest absolute Gasteiger partial charge is 0.279 e. The maximum Gasteiger partial charge on any atom is 0.299 e. The summed E-state index contributed by atoms with van der Waals surface area (Å²) in [6.07, 6.45) is 5.37. The zero-order valence-electron chi connectivity index (χ0n) is 21.5. The first-order chi connectivity index (χ1) is 15.5. The standard InChI is InChI=1S/C26H43N3O3S/c1-8-29(9-2)28-27-22-17-19(5)12-13-23(22)33(30,31)32-25-21(18(3)4)14-16-26(7)15-10-11-20(6)24(25)26/h12-13,17-18,20-21,24-25H,8-11,14-16H2,1-7H3/t20-,21-,24+,25-,26+/m0/s1. The third-order valence-corrected chi connectivity index (χ3v) is 9.50. The Balaban J connectivity index is 2.00. The van der Waals surface area contributed by atoms with Gasteiger partial charge in [0.25, 0.3) is 10.1 Å². The predicted molar refractivity (Wildman–Crippen MR) is 133 cm³/mol. The molecule has 0 amide bonds. The Bertz CT molecular complexity index is 942. The highest BCUT2D eigenvalue weighted by Crippen LogP contribution is 2.56. The minimum Gasteiger partial charge on any atom is -0.279 e. The summed E-state index contributed by atoms with van der Waals surface area (Å²) in [5.74, 6) is 1.28. The van der Waals surface area contributed by atoms with Crippen molar-refractivity contribution in [2.24, 2.45) is 39.4 Å². The quantitative estimate of drug-likeness (QED) is 0.231. The normalized spacial score (nSPS) is 30.5. The predicted octanol–water partition coefficient (Wildman–Crippen LogP) is 6.92. The van der Waals surface area contributed by atoms with Crippen molar-refractivity contribution in [1.29, 1.82) is 0 Å². The van der Waals surface area contributed by atoms with Crippen molar-refractivity contribution in [2.45, 2.75) is 91.6 Å². The van der Waals surface area contributed by atoms with E-state index in [9.17, 15) is 8.42 Å². The molecule has 2 fully saturated rings. The molecular formula is C26H43N3O3S. The molecule has 0 spiro atoms. The van der Waals surface area contributed by atoms with E-state index in [0.717, 1.165) is 31.2 Å². The highest BCUT2D eigenvalue weighted by Gasteiger charge is 2.52. The van der Waals surface area contributed by atoms with Crippen LogP contribution in [0.5, 0.6) is 0 Å². The average Bonchev–Trinajstić information content (AvgIpc) is 2.73. The molecule has 186 valence electrons. The highest BCUT2D eigenvalue weighted by atomic mass is 32.2. The van der Waals surface area contributed by atoms with Crippen LogP contribution in [0.2, 0.25) is 0 Å². The molecule has 2 saturated carbocycles. The summed E-state index contributed by atoms with van der Waals surface area (Å²) in [7, 11) is -4.01. The maximum atomic E-state index is 13.7. The van der Waals surface area contributed by atoms with Crippen LogP contribution in [0.3, 0.4) is 0 Å². The van der Waals surface area contributed by atoms with Gasteiger partial charge in [0.15, 0.2) is 0 Å². The number of hydrogen-bond donors (Lipinski definition) is 0. The van der Waals surface area contributed by atoms with E-state index in [1.54, 1.807) is 23.2 Å². The molecule has 1 aromatic rings. The number of aryl methyl sites for hydroxylation is 1. The van der Waals surface area contributed by atoms with Gasteiger partial charge < -0.3 is 0 Å². The summed E-state index contributed by atoms with van der Waals surface area (Å²) < 4.78 is 33.7. The van der Waals surface area contributed by atoms with E-state index in [0.29, 0.717) is 30.6 Å². The first-order valence-electron chi connectivity index (χ1n) is 12.7. The molecule has 0 bridgehead atoms. The van der Waals surface area contributed by atoms with Gasteiger partial charge in [-0.1, -0.05) is 51.8 Å². The van der Waals surface area contributed by atoms with Gasteiger partial charge in [-0.25, -0.2) is 0 Å². The fourth-order valence-corrected chi connectivity index (χ4v) is 7.47. The zero-order chi connectivity index (χ0) is 24.4. The van der Waals surface area contributed by atoms with Crippen LogP contribution in [0.15, 0.2) is 33.4 Å². The lowest BCUT2D eigenvalue weighted by atomic mass is 9.53. The summed E-state index contributed by atoms with van der Waals surface area (Å²) in [6, 6.07) is 5.20. The molecule has 0 heterocycles. The molecule has 1 aromatic carbocycles. The molecule has 0 unspecified atom stereocenters. The maximum absolute atomic E-state index is 13.7. The van der Waals surface area contributed by atoms with Crippen LogP contribution in [0.25, 0.3) is 0 Å². The molecule has 0 N–H and O–H groups in total. The number of rotatable bonds is 8. The van der Waals surface area contributed by atoms with Gasteiger partial charge >= 0.3 is 0 Å². The fourth-order valence-electron chi connectivity index (χ4n) is 6.22. The Hall–Kier alpha value is -1.47. The Morgan fingerprint density at radius 2 is 1.88 bits per heavy atom. The summed E-state index contributed by atoms with van der Waals surface area (Å²) in [5.41, 5.74) is 1.42. The van der Waals surface area contributed by atoms with Crippen LogP contribution >= 0.6 is 0 Å². The summed E-state index contributed by atoms with van der Waals surface area (Å²) in [6.45, 7) is 16.4. The van der Waals surface area contributed by atoms with Crippen LogP contribution in [-0.4, -0.2) is 32.6 Å². The lowest BCUT2D eigenvalue weighted by Crippen LogP contribution is -2.52. The second-order valence-corrected chi connectivity index (χ2v) is 12.4. The third-order valence-electron chi connectivity index (χ3n) is 8.14. The molecule has 0 aliphatic heterocycles. The van der Waals surface area contributed by atoms with Gasteiger partial charge in [0, 0.05) is 13.1 Å². The van der Waals surface area contributed by atoms with Crippen LogP contribution in [0.4, 0.5) is 5.69 Å². The second-order valence-electron chi connectivity index (χ2n) is 10.8. The minimum atomic E-state index is -4.01. The molecule has 0 radical (unpaired) electrons. The van der Waals surface area contributed by atoms with Gasteiger partial charge in [-0.2, -0.15) is 8.42 Å². The van der Waals surface area contributed by atoms with E-state index >= 15 is 0 Å². The molecular weight excluding hydrogens is 434 g/mol. The number of hydrogen-bond acceptors (Lipinski definition) is 5. The first kappa shape index (κ1) is 26.1. The first-order valence-corrected chi connectivity index (χ1v) is 14.1. The van der Waals surface area contributed by atoms with Crippen molar-refractivity contribution >= 4 is 15.8 Å². The molecule has 2 aliphatic carbocycles. The van der Waals surface area contributed by atoms with E-state index in [2.05, 4.69) is 38.0 Å². The van der Waals surface area contributed by atoms with Gasteiger partial charge in [-0.3, -0.25) is 9.19 Å². The molecule has 5 atom stereocenters. The van der Waals surface area contributed by atoms with E-state index in [1.165, 1.54) is 6.42 Å². The SMILES string of the molecule is CCN(CC)N=Nc1cc(C)ccc1S(=O)(=O)O[C@@H]1[C@H]2[C@@H](C)CCC[C@]2(C)CC[C@H]1C(C)C. The van der Waals surface area contributed by atoms with E-state index in [4.69, 9.17) is 4.18 Å². The monoisotopic (exact) mass is 477 g/mol. The molecule has 0 aromatic heterocycles. The Kier molecular flexibility index (Phi) is 8.26. The molecule has 3 rings (SSSR count). The highest BCUT2D eigenvalue weighted by molar-refractivity contribution is 7.87. The van der Waals surface area contributed by atoms with Gasteiger partial charge in [-0.05, 0) is 86.8 Å². The third kappa shape index (κ3) is 5.61. The summed E-state index contributed by atoms with van der Waals surface area (Å²) in [5, 5.41) is 10.4. The topological polar surface area (TPSA) is 71.3 Å². The van der Waals surface area contributed by atoms with Crippen molar-refractivity contribution in [2.75, 3.05) is 13.1 Å². The summed E-state index contributed by atoms with van der Waals surface area (Å²) in [4.78, 5) is 0.113. The van der Waals surface area contributed by atoms with E-state index in [-0.39, 0.29) is 28.3 Å². The molecule has 33 heavy (non-hydrogen) atoms. The van der Waals surface area contributed by atoms with Crippen molar-refractivity contribution < 1.29 is 12.6 Å². The van der Waals surface area contributed by atoms with Gasteiger partial charge in [0.1, 0.15) is 10.6 Å². The lowest BCUT2D eigenvalue weighted by molar-refractivity contribution is -0.0975. The molecule has 2 aliphatic rings. The summed E-state index contributed by atoms with van der Waals surface area (Å²) >= 11 is 0. The van der Waals surface area contributed by atoms with Crippen molar-refractivity contribution in [3.63, 3.8) is 0 Å². The van der Waals surface area contributed by atoms with Crippen LogP contribution in [-0.2, 0) is 14.3 Å². The molecule has 6 nitrogen and oxygen atoms in total. The Morgan fingerprint density at radius 1 is 1.18 bits per heavy atom. The van der Waals surface area contributed by atoms with Crippen molar-refractivity contribution in [3.8, 4) is 0 Å². The number of fused-ring (bicyclic) bond motifs is 1. The zero-order valence-corrected chi connectivity index (χ0v) is 22.4. The second kappa shape index (κ2) is 10.4. The van der Waals surface area contributed by atoms with Gasteiger partial charge in [0.2, 0.25) is 0 Å². The van der Waals surface area contributed by atoms with Crippen LogP contribution in [0.1, 0.15) is 79.2 Å². The van der Waals surface area contributed by atoms with Crippen molar-refractivity contribution in [3.05, 3.63) is 23.8 Å².